The lowest BCUT2D eigenvalue weighted by molar-refractivity contribution is 0.103. The van der Waals surface area contributed by atoms with E-state index in [1.54, 1.807) is 0 Å². The van der Waals surface area contributed by atoms with Gasteiger partial charge in [0.05, 0.1) is 23.0 Å². The molecule has 0 saturated heterocycles. The molecule has 3 atom stereocenters. The zero-order valence-electron chi connectivity index (χ0n) is 15.9. The van der Waals surface area contributed by atoms with Crippen molar-refractivity contribution < 1.29 is 10.2 Å². The van der Waals surface area contributed by atoms with Crippen molar-refractivity contribution in [2.45, 2.75) is 23.0 Å². The predicted octanol–water partition coefficient (Wildman–Crippen LogP) is 2.57. The van der Waals surface area contributed by atoms with Crippen LogP contribution in [0.25, 0.3) is 10.8 Å². The van der Waals surface area contributed by atoms with Crippen molar-refractivity contribution >= 4 is 51.7 Å². The van der Waals surface area contributed by atoms with Crippen LogP contribution in [-0.2, 0) is 0 Å². The highest BCUT2D eigenvalue weighted by molar-refractivity contribution is 8.00. The molecule has 9 heteroatoms. The fourth-order valence-corrected chi connectivity index (χ4v) is 4.32. The molecule has 8 nitrogen and oxygen atoms in total. The first-order chi connectivity index (χ1) is 14.5. The number of aliphatic hydroxyl groups is 2. The molecular formula is C21H20N6O2S. The molecule has 30 heavy (non-hydrogen) atoms. The fraction of sp³-hybridized carbons (Fsp3) is 0.190. The average Bonchev–Trinajstić information content (AvgIpc) is 3.21. The van der Waals surface area contributed by atoms with Gasteiger partial charge < -0.3 is 26.8 Å². The van der Waals surface area contributed by atoms with Gasteiger partial charge in [0, 0.05) is 16.9 Å². The first-order valence-corrected chi connectivity index (χ1v) is 10.2. The summed E-state index contributed by atoms with van der Waals surface area (Å²) >= 11 is 1.41. The van der Waals surface area contributed by atoms with E-state index in [1.807, 2.05) is 42.5 Å². The van der Waals surface area contributed by atoms with Crippen molar-refractivity contribution in [1.29, 1.82) is 10.8 Å². The number of anilines is 1. The zero-order chi connectivity index (χ0) is 21.3. The lowest BCUT2D eigenvalue weighted by atomic mass is 9.93. The Bertz CT molecular complexity index is 1160. The molecule has 3 aromatic rings. The van der Waals surface area contributed by atoms with E-state index in [-0.39, 0.29) is 23.0 Å². The lowest BCUT2D eigenvalue weighted by Crippen LogP contribution is -2.42. The van der Waals surface area contributed by atoms with Crippen molar-refractivity contribution in [2.75, 3.05) is 11.5 Å². The van der Waals surface area contributed by atoms with E-state index >= 15 is 0 Å². The highest BCUT2D eigenvalue weighted by atomic mass is 32.2. The van der Waals surface area contributed by atoms with Crippen LogP contribution in [0.5, 0.6) is 0 Å². The number of nitrogens with one attached hydrogen (secondary N) is 2. The summed E-state index contributed by atoms with van der Waals surface area (Å²) in [6.07, 6.45) is -0.335. The van der Waals surface area contributed by atoms with Crippen molar-refractivity contribution in [1.82, 2.24) is 9.97 Å². The van der Waals surface area contributed by atoms with Crippen molar-refractivity contribution in [3.63, 3.8) is 0 Å². The fourth-order valence-electron chi connectivity index (χ4n) is 3.32. The van der Waals surface area contributed by atoms with Gasteiger partial charge in [0.25, 0.3) is 0 Å². The van der Waals surface area contributed by atoms with E-state index in [4.69, 9.17) is 16.6 Å². The van der Waals surface area contributed by atoms with Crippen molar-refractivity contribution in [3.05, 3.63) is 54.5 Å². The number of rotatable bonds is 7. The van der Waals surface area contributed by atoms with Gasteiger partial charge in [-0.15, -0.1) is 11.8 Å². The second kappa shape index (κ2) is 8.31. The number of nitrogens with zero attached hydrogens (tertiary/aromatic N) is 3. The van der Waals surface area contributed by atoms with E-state index in [1.165, 1.54) is 24.3 Å². The molecule has 1 aliphatic heterocycles. The topological polar surface area (TPSA) is 152 Å². The molecule has 0 radical (unpaired) electrons. The van der Waals surface area contributed by atoms with E-state index in [2.05, 4.69) is 15.0 Å². The van der Waals surface area contributed by atoms with Gasteiger partial charge >= 0.3 is 0 Å². The summed E-state index contributed by atoms with van der Waals surface area (Å²) in [5.74, 6) is -0.335. The first kappa shape index (κ1) is 20.1. The number of aliphatic imine (C=N–C) groups is 1. The normalized spacial score (nSPS) is 16.9. The molecule has 152 valence electrons. The van der Waals surface area contributed by atoms with Crippen LogP contribution in [0, 0.1) is 10.8 Å². The number of aromatic nitrogens is 2. The van der Waals surface area contributed by atoms with Crippen LogP contribution in [0.3, 0.4) is 0 Å². The van der Waals surface area contributed by atoms with E-state index in [0.717, 1.165) is 15.7 Å². The van der Waals surface area contributed by atoms with Gasteiger partial charge in [-0.25, -0.2) is 9.97 Å². The largest absolute Gasteiger partial charge is 0.384 e. The third-order valence-electron chi connectivity index (χ3n) is 4.97. The molecular weight excluding hydrogens is 400 g/mol. The Hall–Kier alpha value is -3.14. The van der Waals surface area contributed by atoms with E-state index in [9.17, 15) is 10.2 Å². The maximum Gasteiger partial charge on any atom is 0.153 e. The van der Waals surface area contributed by atoms with Crippen LogP contribution in [0.1, 0.15) is 11.6 Å². The number of aliphatic hydroxyl groups excluding tert-OH is 2. The van der Waals surface area contributed by atoms with Crippen molar-refractivity contribution in [3.8, 4) is 0 Å². The van der Waals surface area contributed by atoms with E-state index < -0.39 is 18.1 Å². The van der Waals surface area contributed by atoms with Crippen LogP contribution in [-0.4, -0.2) is 55.8 Å². The van der Waals surface area contributed by atoms with E-state index in [0.29, 0.717) is 11.4 Å². The van der Waals surface area contributed by atoms with Gasteiger partial charge in [0.15, 0.2) is 5.82 Å². The Labute approximate surface area is 176 Å². The number of hydrogen-bond acceptors (Lipinski definition) is 9. The van der Waals surface area contributed by atoms with Gasteiger partial charge in [-0.2, -0.15) is 0 Å². The summed E-state index contributed by atoms with van der Waals surface area (Å²) in [4.78, 5) is 13.1. The second-order valence-corrected chi connectivity index (χ2v) is 7.90. The minimum absolute atomic E-state index is 0.0671. The SMILES string of the molecule is N=C(C1C=Nc2c(N)ncnc21)[C@@H](O)[C@@H](O)C(=N)CSc1cccc2ccccc12. The minimum atomic E-state index is -1.55. The predicted molar refractivity (Wildman–Crippen MR) is 119 cm³/mol. The molecule has 0 fully saturated rings. The van der Waals surface area contributed by atoms with Crippen LogP contribution in [0.2, 0.25) is 0 Å². The third kappa shape index (κ3) is 3.70. The molecule has 1 unspecified atom stereocenters. The standard InChI is InChI=1S/C21H20N6O2S/c22-14(9-30-15-7-3-5-11-4-1-2-6-12(11)15)19(28)20(29)16(23)13-8-25-18-17(13)26-10-27-21(18)24/h1-8,10,13,19-20,22-23,28-29H,9H2,(H2,24,26,27)/t13?,19-,20+/m0/s1. The highest BCUT2D eigenvalue weighted by Crippen LogP contribution is 2.35. The van der Waals surface area contributed by atoms with Crippen LogP contribution in [0.4, 0.5) is 11.5 Å². The summed E-state index contributed by atoms with van der Waals surface area (Å²) < 4.78 is 0. The van der Waals surface area contributed by atoms with Gasteiger partial charge in [-0.1, -0.05) is 36.4 Å². The summed E-state index contributed by atoms with van der Waals surface area (Å²) in [6.45, 7) is 0. The van der Waals surface area contributed by atoms with Gasteiger partial charge in [0.1, 0.15) is 24.2 Å². The number of nitrogens with two attached hydrogens (primary N) is 1. The summed E-state index contributed by atoms with van der Waals surface area (Å²) in [6, 6.07) is 13.9. The van der Waals surface area contributed by atoms with Crippen LogP contribution >= 0.6 is 11.8 Å². The third-order valence-corrected chi connectivity index (χ3v) is 6.09. The molecule has 2 aromatic carbocycles. The number of fused-ring (bicyclic) bond motifs is 2. The Morgan fingerprint density at radius 1 is 1.07 bits per heavy atom. The first-order valence-electron chi connectivity index (χ1n) is 9.24. The number of hydrogen-bond donors (Lipinski definition) is 5. The Balaban J connectivity index is 1.43. The van der Waals surface area contributed by atoms with Crippen LogP contribution in [0.15, 0.2) is 58.7 Å². The smallest absolute Gasteiger partial charge is 0.153 e. The minimum Gasteiger partial charge on any atom is -0.384 e. The van der Waals surface area contributed by atoms with Gasteiger partial charge in [-0.05, 0) is 16.8 Å². The monoisotopic (exact) mass is 420 g/mol. The molecule has 4 rings (SSSR count). The summed E-state index contributed by atoms with van der Waals surface area (Å²) in [7, 11) is 0. The second-order valence-electron chi connectivity index (χ2n) is 6.88. The summed E-state index contributed by atoms with van der Waals surface area (Å²) in [5, 5.41) is 39.7. The molecule has 6 N–H and O–H groups in total. The highest BCUT2D eigenvalue weighted by Gasteiger charge is 2.34. The molecule has 0 bridgehead atoms. The Morgan fingerprint density at radius 3 is 2.67 bits per heavy atom. The maximum absolute atomic E-state index is 10.5. The Kier molecular flexibility index (Phi) is 5.58. The maximum atomic E-state index is 10.5. The molecule has 0 spiro atoms. The molecule has 0 amide bonds. The van der Waals surface area contributed by atoms with Gasteiger partial charge in [0.2, 0.25) is 0 Å². The molecule has 1 aliphatic rings. The number of thioether (sulfide) groups is 1. The van der Waals surface area contributed by atoms with Crippen molar-refractivity contribution in [2.24, 2.45) is 4.99 Å². The zero-order valence-corrected chi connectivity index (χ0v) is 16.7. The number of nitrogen functional groups attached to an aromatic ring is 1. The molecule has 0 aliphatic carbocycles. The Morgan fingerprint density at radius 2 is 1.83 bits per heavy atom. The lowest BCUT2D eigenvalue weighted by Gasteiger charge is -2.22. The molecule has 1 aromatic heterocycles. The molecule has 2 heterocycles. The number of benzene rings is 2. The molecule has 0 saturated carbocycles. The van der Waals surface area contributed by atoms with Crippen LogP contribution < -0.4 is 5.73 Å². The van der Waals surface area contributed by atoms with Gasteiger partial charge in [-0.3, -0.25) is 4.99 Å². The summed E-state index contributed by atoms with van der Waals surface area (Å²) in [5.41, 5.74) is 6.29. The average molecular weight is 420 g/mol. The quantitative estimate of drug-likeness (QED) is 0.292.